The van der Waals surface area contributed by atoms with Crippen molar-refractivity contribution >= 4 is 5.70 Å². The van der Waals surface area contributed by atoms with Gasteiger partial charge in [-0.25, -0.2) is 0 Å². The number of methoxy groups -OCH3 is 2. The average Bonchev–Trinajstić information content (AvgIpc) is 3.26. The van der Waals surface area contributed by atoms with Gasteiger partial charge in [0.2, 0.25) is 0 Å². The number of ether oxygens (including phenoxy) is 3. The molecule has 0 radical (unpaired) electrons. The number of rotatable bonds is 4. The molecular formula is C25H31N3O3. The van der Waals surface area contributed by atoms with Gasteiger partial charge in [0.05, 0.1) is 26.0 Å². The third kappa shape index (κ3) is 3.34. The fourth-order valence-electron chi connectivity index (χ4n) is 4.99. The standard InChI is InChI=1S/C25H31N3O3/c1-17(2)27-14-12-25(13-15-27)28-22(20-6-5-7-23(30-4)24(20)31-25)16-21(26-28)18-8-10-19(29-3)11-9-18/h5-11,16-17,22,26H,12-15H2,1-4H3/t22-/m1/s1. The molecular weight excluding hydrogens is 390 g/mol. The van der Waals surface area contributed by atoms with Crippen molar-refractivity contribution in [3.8, 4) is 17.2 Å². The number of nitrogens with zero attached hydrogens (tertiary/aromatic N) is 2. The van der Waals surface area contributed by atoms with E-state index in [1.807, 2.05) is 24.3 Å². The van der Waals surface area contributed by atoms with Gasteiger partial charge in [-0.1, -0.05) is 12.1 Å². The molecule has 1 saturated heterocycles. The molecule has 0 aliphatic carbocycles. The van der Waals surface area contributed by atoms with E-state index in [0.29, 0.717) is 6.04 Å². The van der Waals surface area contributed by atoms with Gasteiger partial charge in [-0.05, 0) is 55.8 Å². The van der Waals surface area contributed by atoms with Crippen LogP contribution < -0.4 is 19.6 Å². The first-order valence-electron chi connectivity index (χ1n) is 11.1. The Bertz CT molecular complexity index is 978. The van der Waals surface area contributed by atoms with Gasteiger partial charge in [-0.3, -0.25) is 0 Å². The van der Waals surface area contributed by atoms with Crippen molar-refractivity contribution in [3.63, 3.8) is 0 Å². The van der Waals surface area contributed by atoms with Crippen LogP contribution in [0.3, 0.4) is 0 Å². The van der Waals surface area contributed by atoms with Crippen molar-refractivity contribution in [2.75, 3.05) is 27.3 Å². The lowest BCUT2D eigenvalue weighted by Crippen LogP contribution is -2.64. The largest absolute Gasteiger partial charge is 0.497 e. The van der Waals surface area contributed by atoms with Gasteiger partial charge >= 0.3 is 0 Å². The molecule has 6 nitrogen and oxygen atoms in total. The highest BCUT2D eigenvalue weighted by Gasteiger charge is 2.52. The molecule has 2 aromatic rings. The Labute approximate surface area is 184 Å². The van der Waals surface area contributed by atoms with Crippen LogP contribution in [-0.2, 0) is 0 Å². The van der Waals surface area contributed by atoms with Crippen LogP contribution in [0.1, 0.15) is 43.9 Å². The Morgan fingerprint density at radius 2 is 1.77 bits per heavy atom. The minimum atomic E-state index is -0.414. The Morgan fingerprint density at radius 1 is 1.03 bits per heavy atom. The van der Waals surface area contributed by atoms with Gasteiger partial charge in [-0.2, -0.15) is 5.01 Å². The summed E-state index contributed by atoms with van der Waals surface area (Å²) < 4.78 is 17.8. The molecule has 31 heavy (non-hydrogen) atoms. The Kier molecular flexibility index (Phi) is 5.07. The van der Waals surface area contributed by atoms with Gasteiger partial charge in [0.1, 0.15) is 5.75 Å². The second-order valence-corrected chi connectivity index (χ2v) is 8.79. The second kappa shape index (κ2) is 7.77. The van der Waals surface area contributed by atoms with E-state index in [9.17, 15) is 0 Å². The molecule has 3 heterocycles. The van der Waals surface area contributed by atoms with E-state index in [1.54, 1.807) is 14.2 Å². The predicted molar refractivity (Wildman–Crippen MR) is 121 cm³/mol. The van der Waals surface area contributed by atoms with Crippen LogP contribution in [0.5, 0.6) is 17.2 Å². The van der Waals surface area contributed by atoms with Crippen LogP contribution in [0, 0.1) is 0 Å². The monoisotopic (exact) mass is 421 g/mol. The highest BCUT2D eigenvalue weighted by Crippen LogP contribution is 2.51. The summed E-state index contributed by atoms with van der Waals surface area (Å²) in [4.78, 5) is 2.52. The maximum atomic E-state index is 6.80. The summed E-state index contributed by atoms with van der Waals surface area (Å²) >= 11 is 0. The van der Waals surface area contributed by atoms with Crippen LogP contribution in [0.2, 0.25) is 0 Å². The number of benzene rings is 2. The highest BCUT2D eigenvalue weighted by atomic mass is 16.5. The number of piperidine rings is 1. The molecule has 3 aliphatic heterocycles. The molecule has 1 atom stereocenters. The first-order chi connectivity index (χ1) is 15.0. The molecule has 0 bridgehead atoms. The third-order valence-electron chi connectivity index (χ3n) is 6.83. The lowest BCUT2D eigenvalue weighted by molar-refractivity contribution is -0.162. The fourth-order valence-corrected chi connectivity index (χ4v) is 4.99. The van der Waals surface area contributed by atoms with Crippen molar-refractivity contribution < 1.29 is 14.2 Å². The lowest BCUT2D eigenvalue weighted by atomic mass is 9.92. The zero-order valence-electron chi connectivity index (χ0n) is 18.7. The number of hydrogen-bond acceptors (Lipinski definition) is 6. The molecule has 6 heteroatoms. The van der Waals surface area contributed by atoms with Crippen LogP contribution >= 0.6 is 0 Å². The summed E-state index contributed by atoms with van der Waals surface area (Å²) in [5, 5.41) is 2.33. The molecule has 2 aromatic carbocycles. The molecule has 0 saturated carbocycles. The Morgan fingerprint density at radius 3 is 2.42 bits per heavy atom. The van der Waals surface area contributed by atoms with E-state index < -0.39 is 5.72 Å². The SMILES string of the molecule is COc1ccc(C2=C[C@@H]3c4cccc(OC)c4OC4(CCN(C(C)C)CC4)N3N2)cc1. The van der Waals surface area contributed by atoms with Crippen LogP contribution in [0.25, 0.3) is 5.70 Å². The van der Waals surface area contributed by atoms with Gasteiger partial charge in [0.15, 0.2) is 17.2 Å². The number of hydrazine groups is 1. The normalized spacial score (nSPS) is 22.4. The van der Waals surface area contributed by atoms with E-state index >= 15 is 0 Å². The lowest BCUT2D eigenvalue weighted by Gasteiger charge is -2.52. The second-order valence-electron chi connectivity index (χ2n) is 8.79. The average molecular weight is 422 g/mol. The van der Waals surface area contributed by atoms with Gasteiger partial charge in [0.25, 0.3) is 0 Å². The first kappa shape index (κ1) is 20.2. The molecule has 1 spiro atoms. The number of para-hydroxylation sites is 1. The fraction of sp³-hybridized carbons (Fsp3) is 0.440. The van der Waals surface area contributed by atoms with Crippen LogP contribution in [0.15, 0.2) is 48.5 Å². The Hall–Kier alpha value is -2.70. The topological polar surface area (TPSA) is 46.2 Å². The predicted octanol–water partition coefficient (Wildman–Crippen LogP) is 4.20. The summed E-state index contributed by atoms with van der Waals surface area (Å²) in [5.74, 6) is 2.53. The zero-order chi connectivity index (χ0) is 21.6. The van der Waals surface area contributed by atoms with Gasteiger partial charge < -0.3 is 24.5 Å². The minimum absolute atomic E-state index is 0.0848. The molecule has 3 aliphatic rings. The van der Waals surface area contributed by atoms with Crippen LogP contribution in [-0.4, -0.2) is 49.0 Å². The molecule has 0 aromatic heterocycles. The van der Waals surface area contributed by atoms with E-state index in [-0.39, 0.29) is 6.04 Å². The number of fused-ring (bicyclic) bond motifs is 4. The summed E-state index contributed by atoms with van der Waals surface area (Å²) in [6.45, 7) is 6.53. The number of likely N-dealkylation sites (tertiary alicyclic amines) is 1. The smallest absolute Gasteiger partial charge is 0.183 e. The van der Waals surface area contributed by atoms with Crippen LogP contribution in [0.4, 0.5) is 0 Å². The summed E-state index contributed by atoms with van der Waals surface area (Å²) in [7, 11) is 3.40. The summed E-state index contributed by atoms with van der Waals surface area (Å²) in [6.07, 6.45) is 4.16. The van der Waals surface area contributed by atoms with Crippen molar-refractivity contribution in [2.45, 2.75) is 44.5 Å². The van der Waals surface area contributed by atoms with E-state index in [2.05, 4.69) is 53.5 Å². The third-order valence-corrected chi connectivity index (χ3v) is 6.83. The first-order valence-corrected chi connectivity index (χ1v) is 11.1. The maximum Gasteiger partial charge on any atom is 0.183 e. The molecule has 0 amide bonds. The van der Waals surface area contributed by atoms with Crippen molar-refractivity contribution in [3.05, 3.63) is 59.7 Å². The summed E-state index contributed by atoms with van der Waals surface area (Å²) in [6, 6.07) is 15.0. The number of hydrogen-bond donors (Lipinski definition) is 1. The van der Waals surface area contributed by atoms with Crippen molar-refractivity contribution in [2.24, 2.45) is 0 Å². The summed E-state index contributed by atoms with van der Waals surface area (Å²) in [5.41, 5.74) is 6.65. The zero-order valence-corrected chi connectivity index (χ0v) is 18.7. The molecule has 0 unspecified atom stereocenters. The quantitative estimate of drug-likeness (QED) is 0.798. The molecule has 164 valence electrons. The molecule has 1 N–H and O–H groups in total. The highest BCUT2D eigenvalue weighted by molar-refractivity contribution is 5.68. The molecule has 5 rings (SSSR count). The number of nitrogens with one attached hydrogen (secondary N) is 1. The van der Waals surface area contributed by atoms with Gasteiger partial charge in [-0.15, -0.1) is 0 Å². The van der Waals surface area contributed by atoms with E-state index in [0.717, 1.165) is 60.0 Å². The minimum Gasteiger partial charge on any atom is -0.497 e. The Balaban J connectivity index is 1.54. The van der Waals surface area contributed by atoms with E-state index in [4.69, 9.17) is 14.2 Å². The maximum absolute atomic E-state index is 6.80. The van der Waals surface area contributed by atoms with Crippen molar-refractivity contribution in [1.29, 1.82) is 0 Å². The van der Waals surface area contributed by atoms with Crippen molar-refractivity contribution in [1.82, 2.24) is 15.3 Å². The van der Waals surface area contributed by atoms with Gasteiger partial charge in [0, 0.05) is 37.5 Å². The molecule has 1 fully saturated rings. The van der Waals surface area contributed by atoms with E-state index in [1.165, 1.54) is 0 Å².